The van der Waals surface area contributed by atoms with E-state index in [1.807, 2.05) is 19.1 Å². The number of aryl methyl sites for hydroxylation is 1. The molecule has 0 amide bonds. The van der Waals surface area contributed by atoms with Gasteiger partial charge in [-0.05, 0) is 44.2 Å². The number of hydrogen-bond acceptors (Lipinski definition) is 4. The van der Waals surface area contributed by atoms with Crippen molar-refractivity contribution in [3.8, 4) is 6.07 Å². The molecule has 0 aromatic carbocycles. The standard InChI is InChI=1S/C14H19N3O/c1-11-4-5-13(9-15)14(16-11)17-7-2-3-12(10-17)6-8-18/h4-5,12,18H,2-3,6-8,10H2,1H3. The SMILES string of the molecule is Cc1ccc(C#N)c(N2CCCC(CCO)C2)n1. The zero-order valence-corrected chi connectivity index (χ0v) is 10.8. The van der Waals surface area contributed by atoms with Gasteiger partial charge in [-0.25, -0.2) is 4.98 Å². The number of anilines is 1. The Bertz CT molecular complexity index is 451. The summed E-state index contributed by atoms with van der Waals surface area (Å²) < 4.78 is 0. The molecule has 96 valence electrons. The molecule has 1 aromatic heterocycles. The highest BCUT2D eigenvalue weighted by Gasteiger charge is 2.22. The lowest BCUT2D eigenvalue weighted by Crippen LogP contribution is -2.36. The van der Waals surface area contributed by atoms with Crippen molar-refractivity contribution in [1.82, 2.24) is 4.98 Å². The molecule has 1 aromatic rings. The van der Waals surface area contributed by atoms with Gasteiger partial charge in [-0.15, -0.1) is 0 Å². The fourth-order valence-electron chi connectivity index (χ4n) is 2.55. The van der Waals surface area contributed by atoms with Gasteiger partial charge in [0.1, 0.15) is 11.9 Å². The van der Waals surface area contributed by atoms with Gasteiger partial charge in [-0.3, -0.25) is 0 Å². The van der Waals surface area contributed by atoms with Crippen molar-refractivity contribution in [2.75, 3.05) is 24.6 Å². The lowest BCUT2D eigenvalue weighted by Gasteiger charge is -2.34. The number of nitrogens with zero attached hydrogens (tertiary/aromatic N) is 3. The molecular formula is C14H19N3O. The van der Waals surface area contributed by atoms with Crippen molar-refractivity contribution in [3.05, 3.63) is 23.4 Å². The van der Waals surface area contributed by atoms with Crippen molar-refractivity contribution in [2.24, 2.45) is 5.92 Å². The molecule has 1 saturated heterocycles. The number of aliphatic hydroxyl groups is 1. The van der Waals surface area contributed by atoms with Gasteiger partial charge >= 0.3 is 0 Å². The Hall–Kier alpha value is -1.60. The average molecular weight is 245 g/mol. The quantitative estimate of drug-likeness (QED) is 0.883. The number of nitriles is 1. The van der Waals surface area contributed by atoms with Crippen LogP contribution in [0, 0.1) is 24.2 Å². The van der Waals surface area contributed by atoms with Gasteiger partial charge in [0.15, 0.2) is 0 Å². The molecule has 2 rings (SSSR count). The van der Waals surface area contributed by atoms with E-state index < -0.39 is 0 Å². The third-order valence-corrected chi connectivity index (χ3v) is 3.49. The smallest absolute Gasteiger partial charge is 0.146 e. The topological polar surface area (TPSA) is 60.2 Å². The van der Waals surface area contributed by atoms with E-state index in [1.54, 1.807) is 0 Å². The van der Waals surface area contributed by atoms with E-state index in [4.69, 9.17) is 10.4 Å². The molecule has 1 unspecified atom stereocenters. The fourth-order valence-corrected chi connectivity index (χ4v) is 2.55. The van der Waals surface area contributed by atoms with Gasteiger partial charge in [0.25, 0.3) is 0 Å². The maximum Gasteiger partial charge on any atom is 0.146 e. The first kappa shape index (κ1) is 12.8. The van der Waals surface area contributed by atoms with Crippen molar-refractivity contribution in [2.45, 2.75) is 26.2 Å². The van der Waals surface area contributed by atoms with Crippen LogP contribution in [-0.4, -0.2) is 29.8 Å². The Kier molecular flexibility index (Phi) is 4.16. The highest BCUT2D eigenvalue weighted by molar-refractivity contribution is 5.54. The lowest BCUT2D eigenvalue weighted by molar-refractivity contribution is 0.244. The van der Waals surface area contributed by atoms with Crippen LogP contribution in [-0.2, 0) is 0 Å². The molecule has 1 atom stereocenters. The molecule has 1 aliphatic heterocycles. The average Bonchev–Trinajstić information content (AvgIpc) is 2.39. The van der Waals surface area contributed by atoms with E-state index in [1.165, 1.54) is 0 Å². The molecule has 18 heavy (non-hydrogen) atoms. The summed E-state index contributed by atoms with van der Waals surface area (Å²) in [6.07, 6.45) is 3.10. The second-order valence-electron chi connectivity index (χ2n) is 4.90. The van der Waals surface area contributed by atoms with Crippen LogP contribution >= 0.6 is 0 Å². The third-order valence-electron chi connectivity index (χ3n) is 3.49. The predicted molar refractivity (Wildman–Crippen MR) is 70.3 cm³/mol. The summed E-state index contributed by atoms with van der Waals surface area (Å²) in [5.74, 6) is 1.32. The normalized spacial score (nSPS) is 19.6. The number of aliphatic hydroxyl groups excluding tert-OH is 1. The molecule has 1 aliphatic rings. The summed E-state index contributed by atoms with van der Waals surface area (Å²) in [6.45, 7) is 4.03. The molecule has 1 N–H and O–H groups in total. The van der Waals surface area contributed by atoms with Crippen LogP contribution in [0.5, 0.6) is 0 Å². The van der Waals surface area contributed by atoms with E-state index in [2.05, 4.69) is 16.0 Å². The van der Waals surface area contributed by atoms with Crippen LogP contribution in [0.25, 0.3) is 0 Å². The Balaban J connectivity index is 2.20. The van der Waals surface area contributed by atoms with Crippen LogP contribution in [0.3, 0.4) is 0 Å². The van der Waals surface area contributed by atoms with E-state index in [0.717, 1.165) is 43.9 Å². The Morgan fingerprint density at radius 2 is 2.39 bits per heavy atom. The summed E-state index contributed by atoms with van der Waals surface area (Å²) in [7, 11) is 0. The minimum absolute atomic E-state index is 0.241. The van der Waals surface area contributed by atoms with E-state index in [-0.39, 0.29) is 6.61 Å². The second kappa shape index (κ2) is 5.83. The molecular weight excluding hydrogens is 226 g/mol. The van der Waals surface area contributed by atoms with Crippen molar-refractivity contribution in [3.63, 3.8) is 0 Å². The molecule has 0 bridgehead atoms. The Morgan fingerprint density at radius 3 is 3.11 bits per heavy atom. The van der Waals surface area contributed by atoms with E-state index in [9.17, 15) is 0 Å². The largest absolute Gasteiger partial charge is 0.396 e. The van der Waals surface area contributed by atoms with E-state index in [0.29, 0.717) is 11.5 Å². The van der Waals surface area contributed by atoms with Crippen LogP contribution in [0.1, 0.15) is 30.5 Å². The first-order valence-electron chi connectivity index (χ1n) is 6.48. The first-order chi connectivity index (χ1) is 8.74. The van der Waals surface area contributed by atoms with Gasteiger partial charge < -0.3 is 10.0 Å². The molecule has 2 heterocycles. The number of piperidine rings is 1. The van der Waals surface area contributed by atoms with Crippen molar-refractivity contribution in [1.29, 1.82) is 5.26 Å². The number of rotatable bonds is 3. The minimum Gasteiger partial charge on any atom is -0.396 e. The zero-order valence-electron chi connectivity index (χ0n) is 10.8. The molecule has 0 radical (unpaired) electrons. The third kappa shape index (κ3) is 2.80. The molecule has 4 heteroatoms. The van der Waals surface area contributed by atoms with Crippen LogP contribution < -0.4 is 4.90 Å². The van der Waals surface area contributed by atoms with E-state index >= 15 is 0 Å². The monoisotopic (exact) mass is 245 g/mol. The van der Waals surface area contributed by atoms with Gasteiger partial charge in [0, 0.05) is 25.4 Å². The van der Waals surface area contributed by atoms with Gasteiger partial charge in [-0.1, -0.05) is 0 Å². The highest BCUT2D eigenvalue weighted by atomic mass is 16.3. The fraction of sp³-hybridized carbons (Fsp3) is 0.571. The van der Waals surface area contributed by atoms with Crippen LogP contribution in [0.4, 0.5) is 5.82 Å². The summed E-state index contributed by atoms with van der Waals surface area (Å²) >= 11 is 0. The summed E-state index contributed by atoms with van der Waals surface area (Å²) in [4.78, 5) is 6.69. The molecule has 0 spiro atoms. The second-order valence-corrected chi connectivity index (χ2v) is 4.90. The van der Waals surface area contributed by atoms with Gasteiger partial charge in [0.2, 0.25) is 0 Å². The van der Waals surface area contributed by atoms with Crippen LogP contribution in [0.15, 0.2) is 12.1 Å². The van der Waals surface area contributed by atoms with Crippen LogP contribution in [0.2, 0.25) is 0 Å². The predicted octanol–water partition coefficient (Wildman–Crippen LogP) is 1.86. The molecule has 4 nitrogen and oxygen atoms in total. The Labute approximate surface area is 108 Å². The Morgan fingerprint density at radius 1 is 1.56 bits per heavy atom. The first-order valence-corrected chi connectivity index (χ1v) is 6.48. The number of hydrogen-bond donors (Lipinski definition) is 1. The van der Waals surface area contributed by atoms with Crippen molar-refractivity contribution >= 4 is 5.82 Å². The maximum atomic E-state index is 9.15. The minimum atomic E-state index is 0.241. The van der Waals surface area contributed by atoms with Gasteiger partial charge in [-0.2, -0.15) is 5.26 Å². The number of pyridine rings is 1. The van der Waals surface area contributed by atoms with Gasteiger partial charge in [0.05, 0.1) is 5.56 Å². The molecule has 0 aliphatic carbocycles. The molecule has 1 fully saturated rings. The lowest BCUT2D eigenvalue weighted by atomic mass is 9.95. The maximum absolute atomic E-state index is 9.15. The zero-order chi connectivity index (χ0) is 13.0. The number of aromatic nitrogens is 1. The summed E-state index contributed by atoms with van der Waals surface area (Å²) in [5.41, 5.74) is 1.58. The summed E-state index contributed by atoms with van der Waals surface area (Å²) in [6, 6.07) is 5.93. The summed E-state index contributed by atoms with van der Waals surface area (Å²) in [5, 5.41) is 18.2. The highest BCUT2D eigenvalue weighted by Crippen LogP contribution is 2.26. The molecule has 0 saturated carbocycles. The van der Waals surface area contributed by atoms with Crippen molar-refractivity contribution < 1.29 is 5.11 Å².